The highest BCUT2D eigenvalue weighted by Gasteiger charge is 2.26. The zero-order valence-corrected chi connectivity index (χ0v) is 11.5. The maximum absolute atomic E-state index is 12.3. The predicted molar refractivity (Wildman–Crippen MR) is 78.1 cm³/mol. The Labute approximate surface area is 115 Å². The van der Waals surface area contributed by atoms with Crippen LogP contribution in [0.5, 0.6) is 0 Å². The van der Waals surface area contributed by atoms with Crippen LogP contribution in [0.15, 0.2) is 30.3 Å². The van der Waals surface area contributed by atoms with Crippen molar-refractivity contribution in [2.75, 3.05) is 11.9 Å². The molecule has 0 heterocycles. The van der Waals surface area contributed by atoms with Crippen molar-refractivity contribution in [1.82, 2.24) is 4.90 Å². The van der Waals surface area contributed by atoms with Crippen LogP contribution in [0, 0.1) is 0 Å². The van der Waals surface area contributed by atoms with E-state index in [1.807, 2.05) is 42.2 Å². The summed E-state index contributed by atoms with van der Waals surface area (Å²) < 4.78 is 0. The van der Waals surface area contributed by atoms with Gasteiger partial charge in [-0.2, -0.15) is 0 Å². The molecule has 4 nitrogen and oxygen atoms in total. The van der Waals surface area contributed by atoms with Gasteiger partial charge in [-0.25, -0.2) is 4.79 Å². The first-order valence-electron chi connectivity index (χ1n) is 7.09. The van der Waals surface area contributed by atoms with Gasteiger partial charge in [-0.1, -0.05) is 18.2 Å². The lowest BCUT2D eigenvalue weighted by molar-refractivity contribution is 0.167. The summed E-state index contributed by atoms with van der Waals surface area (Å²) in [6, 6.07) is 10.2. The SMILES string of the molecule is CCN(C(=O)Nc1ccccc1)C1CCC(N)CC1. The molecular weight excluding hydrogens is 238 g/mol. The number of para-hydroxylation sites is 1. The zero-order valence-electron chi connectivity index (χ0n) is 11.5. The van der Waals surface area contributed by atoms with Crippen molar-refractivity contribution in [1.29, 1.82) is 0 Å². The van der Waals surface area contributed by atoms with E-state index in [2.05, 4.69) is 5.32 Å². The van der Waals surface area contributed by atoms with E-state index in [9.17, 15) is 4.79 Å². The molecule has 3 N–H and O–H groups in total. The fourth-order valence-electron chi connectivity index (χ4n) is 2.70. The van der Waals surface area contributed by atoms with Crippen LogP contribution in [-0.4, -0.2) is 29.6 Å². The predicted octanol–water partition coefficient (Wildman–Crippen LogP) is 2.81. The largest absolute Gasteiger partial charge is 0.328 e. The summed E-state index contributed by atoms with van der Waals surface area (Å²) in [4.78, 5) is 14.2. The standard InChI is InChI=1S/C15H23N3O/c1-2-18(14-10-8-12(16)9-11-14)15(19)17-13-6-4-3-5-7-13/h3-7,12,14H,2,8-11,16H2,1H3,(H,17,19). The zero-order chi connectivity index (χ0) is 13.7. The number of benzene rings is 1. The average molecular weight is 261 g/mol. The van der Waals surface area contributed by atoms with Gasteiger partial charge < -0.3 is 16.0 Å². The van der Waals surface area contributed by atoms with Crippen molar-refractivity contribution in [3.63, 3.8) is 0 Å². The van der Waals surface area contributed by atoms with Gasteiger partial charge in [0, 0.05) is 24.3 Å². The highest BCUT2D eigenvalue weighted by Crippen LogP contribution is 2.22. The fourth-order valence-corrected chi connectivity index (χ4v) is 2.70. The van der Waals surface area contributed by atoms with E-state index < -0.39 is 0 Å². The first-order chi connectivity index (χ1) is 9.20. The molecule has 0 spiro atoms. The van der Waals surface area contributed by atoms with E-state index in [4.69, 9.17) is 5.73 Å². The van der Waals surface area contributed by atoms with Crippen molar-refractivity contribution >= 4 is 11.7 Å². The molecule has 1 aromatic rings. The maximum Gasteiger partial charge on any atom is 0.322 e. The van der Waals surface area contributed by atoms with Gasteiger partial charge >= 0.3 is 6.03 Å². The number of nitrogens with two attached hydrogens (primary N) is 1. The Hall–Kier alpha value is -1.55. The minimum absolute atomic E-state index is 0.00540. The van der Waals surface area contributed by atoms with Crippen LogP contribution in [0.2, 0.25) is 0 Å². The quantitative estimate of drug-likeness (QED) is 0.879. The Kier molecular flexibility index (Phi) is 4.80. The summed E-state index contributed by atoms with van der Waals surface area (Å²) in [5.41, 5.74) is 6.76. The molecule has 4 heteroatoms. The van der Waals surface area contributed by atoms with Crippen LogP contribution < -0.4 is 11.1 Å². The van der Waals surface area contributed by atoms with Crippen molar-refractivity contribution in [3.05, 3.63) is 30.3 Å². The molecular formula is C15H23N3O. The summed E-state index contributed by atoms with van der Waals surface area (Å²) in [5.74, 6) is 0. The Morgan fingerprint density at radius 2 is 1.89 bits per heavy atom. The topological polar surface area (TPSA) is 58.4 Å². The lowest BCUT2D eigenvalue weighted by Gasteiger charge is -2.35. The highest BCUT2D eigenvalue weighted by atomic mass is 16.2. The Morgan fingerprint density at radius 3 is 2.47 bits per heavy atom. The number of carbonyl (C=O) groups excluding carboxylic acids is 1. The van der Waals surface area contributed by atoms with Crippen molar-refractivity contribution in [2.24, 2.45) is 5.73 Å². The number of hydrogen-bond donors (Lipinski definition) is 2. The maximum atomic E-state index is 12.3. The van der Waals surface area contributed by atoms with Gasteiger partial charge in [0.05, 0.1) is 0 Å². The summed E-state index contributed by atoms with van der Waals surface area (Å²) in [5, 5.41) is 2.96. The number of amides is 2. The molecule has 19 heavy (non-hydrogen) atoms. The van der Waals surface area contributed by atoms with Crippen LogP contribution in [0.25, 0.3) is 0 Å². The molecule has 0 radical (unpaired) electrons. The summed E-state index contributed by atoms with van der Waals surface area (Å²) in [6.07, 6.45) is 4.05. The second kappa shape index (κ2) is 6.57. The summed E-state index contributed by atoms with van der Waals surface area (Å²) in [6.45, 7) is 2.76. The monoisotopic (exact) mass is 261 g/mol. The lowest BCUT2D eigenvalue weighted by Crippen LogP contribution is -2.46. The van der Waals surface area contributed by atoms with E-state index in [-0.39, 0.29) is 6.03 Å². The molecule has 0 aliphatic heterocycles. The van der Waals surface area contributed by atoms with E-state index in [1.165, 1.54) is 0 Å². The molecule has 2 amide bonds. The highest BCUT2D eigenvalue weighted by molar-refractivity contribution is 5.89. The van der Waals surface area contributed by atoms with Crippen LogP contribution in [0.1, 0.15) is 32.6 Å². The van der Waals surface area contributed by atoms with Gasteiger partial charge in [-0.3, -0.25) is 0 Å². The van der Waals surface area contributed by atoms with E-state index in [0.29, 0.717) is 12.1 Å². The number of urea groups is 1. The molecule has 104 valence electrons. The molecule has 0 atom stereocenters. The average Bonchev–Trinajstić information content (AvgIpc) is 2.43. The second-order valence-electron chi connectivity index (χ2n) is 5.15. The van der Waals surface area contributed by atoms with Crippen molar-refractivity contribution in [3.8, 4) is 0 Å². The van der Waals surface area contributed by atoms with Crippen LogP contribution >= 0.6 is 0 Å². The van der Waals surface area contributed by atoms with Crippen molar-refractivity contribution in [2.45, 2.75) is 44.7 Å². The van der Waals surface area contributed by atoms with Gasteiger partial charge in [0.15, 0.2) is 0 Å². The number of anilines is 1. The van der Waals surface area contributed by atoms with Crippen LogP contribution in [0.4, 0.5) is 10.5 Å². The lowest BCUT2D eigenvalue weighted by atomic mass is 9.91. The molecule has 1 aromatic carbocycles. The Morgan fingerprint density at radius 1 is 1.26 bits per heavy atom. The molecule has 0 aromatic heterocycles. The minimum Gasteiger partial charge on any atom is -0.328 e. The molecule has 1 saturated carbocycles. The third kappa shape index (κ3) is 3.70. The molecule has 0 saturated heterocycles. The number of hydrogen-bond acceptors (Lipinski definition) is 2. The molecule has 1 fully saturated rings. The first kappa shape index (κ1) is 13.9. The number of rotatable bonds is 3. The second-order valence-corrected chi connectivity index (χ2v) is 5.15. The number of nitrogens with one attached hydrogen (secondary N) is 1. The van der Waals surface area contributed by atoms with Gasteiger partial charge in [0.2, 0.25) is 0 Å². The number of carbonyl (C=O) groups is 1. The minimum atomic E-state index is -0.00540. The normalized spacial score (nSPS) is 22.8. The molecule has 2 rings (SSSR count). The molecule has 1 aliphatic rings. The molecule has 0 unspecified atom stereocenters. The van der Waals surface area contributed by atoms with E-state index >= 15 is 0 Å². The first-order valence-corrected chi connectivity index (χ1v) is 7.09. The van der Waals surface area contributed by atoms with Crippen LogP contribution in [0.3, 0.4) is 0 Å². The van der Waals surface area contributed by atoms with Gasteiger partial charge in [-0.15, -0.1) is 0 Å². The Bertz CT molecular complexity index is 399. The molecule has 1 aliphatic carbocycles. The summed E-state index contributed by atoms with van der Waals surface area (Å²) >= 11 is 0. The third-order valence-corrected chi connectivity index (χ3v) is 3.81. The van der Waals surface area contributed by atoms with Gasteiger partial charge in [0.25, 0.3) is 0 Å². The smallest absolute Gasteiger partial charge is 0.322 e. The summed E-state index contributed by atoms with van der Waals surface area (Å²) in [7, 11) is 0. The van der Waals surface area contributed by atoms with E-state index in [1.54, 1.807) is 0 Å². The number of nitrogens with zero attached hydrogens (tertiary/aromatic N) is 1. The van der Waals surface area contributed by atoms with Gasteiger partial charge in [0.1, 0.15) is 0 Å². The molecule has 0 bridgehead atoms. The van der Waals surface area contributed by atoms with Gasteiger partial charge in [-0.05, 0) is 44.7 Å². The Balaban J connectivity index is 1.95. The van der Waals surface area contributed by atoms with Crippen LogP contribution in [-0.2, 0) is 0 Å². The van der Waals surface area contributed by atoms with E-state index in [0.717, 1.165) is 37.9 Å². The van der Waals surface area contributed by atoms with Crippen molar-refractivity contribution < 1.29 is 4.79 Å². The third-order valence-electron chi connectivity index (χ3n) is 3.81. The fraction of sp³-hybridized carbons (Fsp3) is 0.533.